The molecule has 0 spiro atoms. The molecule has 0 radical (unpaired) electrons. The molecule has 1 aliphatic heterocycles. The summed E-state index contributed by atoms with van der Waals surface area (Å²) in [4.78, 5) is 0. The summed E-state index contributed by atoms with van der Waals surface area (Å²) in [6.07, 6.45) is 3.15. The highest BCUT2D eigenvalue weighted by molar-refractivity contribution is 5.53. The molecule has 1 aliphatic rings. The van der Waals surface area contributed by atoms with Gasteiger partial charge in [0.05, 0.1) is 11.7 Å². The molecule has 2 rings (SSSR count). The first kappa shape index (κ1) is 8.57. The molecule has 1 aromatic rings. The molecule has 13 heavy (non-hydrogen) atoms. The maximum atomic E-state index is 9.85. The van der Waals surface area contributed by atoms with Crippen molar-refractivity contribution >= 4 is 5.69 Å². The van der Waals surface area contributed by atoms with Gasteiger partial charge < -0.3 is 0 Å². The molecular weight excluding hydrogens is 162 g/mol. The van der Waals surface area contributed by atoms with E-state index in [9.17, 15) is 5.21 Å². The molecule has 0 aliphatic carbocycles. The lowest BCUT2D eigenvalue weighted by atomic mass is 9.96. The van der Waals surface area contributed by atoms with Crippen molar-refractivity contribution in [3.63, 3.8) is 0 Å². The third-order valence-electron chi connectivity index (χ3n) is 2.80. The summed E-state index contributed by atoms with van der Waals surface area (Å²) in [5.41, 5.74) is 2.25. The molecule has 1 atom stereocenters. The minimum Gasteiger partial charge on any atom is -0.288 e. The molecule has 0 bridgehead atoms. The minimum atomic E-state index is 0.301. The van der Waals surface area contributed by atoms with Gasteiger partial charge in [0, 0.05) is 0 Å². The van der Waals surface area contributed by atoms with Gasteiger partial charge in [-0.15, -0.1) is 0 Å². The minimum absolute atomic E-state index is 0.301. The van der Waals surface area contributed by atoms with Crippen LogP contribution in [0.4, 0.5) is 5.69 Å². The summed E-state index contributed by atoms with van der Waals surface area (Å²) >= 11 is 0. The van der Waals surface area contributed by atoms with E-state index in [0.29, 0.717) is 6.04 Å². The number of nitrogens with zero attached hydrogens (tertiary/aromatic N) is 1. The molecule has 1 heterocycles. The van der Waals surface area contributed by atoms with Gasteiger partial charge in [-0.2, -0.15) is 0 Å². The number of hydroxylamine groups is 1. The van der Waals surface area contributed by atoms with E-state index in [2.05, 4.69) is 13.0 Å². The zero-order chi connectivity index (χ0) is 9.26. The quantitative estimate of drug-likeness (QED) is 0.712. The molecule has 70 valence electrons. The first-order valence-electron chi connectivity index (χ1n) is 4.89. The van der Waals surface area contributed by atoms with Gasteiger partial charge in [0.1, 0.15) is 0 Å². The zero-order valence-corrected chi connectivity index (χ0v) is 7.90. The van der Waals surface area contributed by atoms with E-state index < -0.39 is 0 Å². The van der Waals surface area contributed by atoms with E-state index in [4.69, 9.17) is 0 Å². The van der Waals surface area contributed by atoms with Crippen molar-refractivity contribution in [2.75, 3.05) is 5.06 Å². The predicted octanol–water partition coefficient (Wildman–Crippen LogP) is 2.61. The Labute approximate surface area is 78.8 Å². The third kappa shape index (κ3) is 1.42. The number of benzene rings is 1. The monoisotopic (exact) mass is 177 g/mol. The first-order valence-corrected chi connectivity index (χ1v) is 4.89. The summed E-state index contributed by atoms with van der Waals surface area (Å²) in [7, 11) is 0. The van der Waals surface area contributed by atoms with Crippen LogP contribution in [0.15, 0.2) is 24.3 Å². The number of fused-ring (bicyclic) bond motifs is 1. The molecule has 1 N–H and O–H groups in total. The van der Waals surface area contributed by atoms with Crippen LogP contribution in [0.1, 0.15) is 25.3 Å². The summed E-state index contributed by atoms with van der Waals surface area (Å²) in [5.74, 6) is 0. The van der Waals surface area contributed by atoms with Crippen LogP contribution in [0.5, 0.6) is 0 Å². The molecule has 0 saturated heterocycles. The van der Waals surface area contributed by atoms with Crippen molar-refractivity contribution in [3.05, 3.63) is 29.8 Å². The van der Waals surface area contributed by atoms with Crippen LogP contribution < -0.4 is 5.06 Å². The smallest absolute Gasteiger partial charge is 0.0669 e. The van der Waals surface area contributed by atoms with Gasteiger partial charge in [-0.3, -0.25) is 10.3 Å². The highest BCUT2D eigenvalue weighted by atomic mass is 16.5. The van der Waals surface area contributed by atoms with E-state index in [1.807, 2.05) is 18.2 Å². The molecule has 0 amide bonds. The van der Waals surface area contributed by atoms with Crippen molar-refractivity contribution in [2.45, 2.75) is 32.2 Å². The summed E-state index contributed by atoms with van der Waals surface area (Å²) < 4.78 is 0. The lowest BCUT2D eigenvalue weighted by Gasteiger charge is -2.33. The Morgan fingerprint density at radius 1 is 1.46 bits per heavy atom. The van der Waals surface area contributed by atoms with Gasteiger partial charge in [0.25, 0.3) is 0 Å². The third-order valence-corrected chi connectivity index (χ3v) is 2.80. The lowest BCUT2D eigenvalue weighted by Crippen LogP contribution is -2.35. The SMILES string of the molecule is CCC1CCc2ccccc2N1O. The van der Waals surface area contributed by atoms with E-state index in [1.165, 1.54) is 10.6 Å². The van der Waals surface area contributed by atoms with Gasteiger partial charge in [-0.25, -0.2) is 0 Å². The Morgan fingerprint density at radius 3 is 3.00 bits per heavy atom. The summed E-state index contributed by atoms with van der Waals surface area (Å²) in [6.45, 7) is 2.11. The zero-order valence-electron chi connectivity index (χ0n) is 7.90. The average molecular weight is 177 g/mol. The van der Waals surface area contributed by atoms with Gasteiger partial charge in [-0.1, -0.05) is 25.1 Å². The lowest BCUT2D eigenvalue weighted by molar-refractivity contribution is 0.199. The van der Waals surface area contributed by atoms with Crippen molar-refractivity contribution in [2.24, 2.45) is 0 Å². The molecule has 2 heteroatoms. The molecule has 2 nitrogen and oxygen atoms in total. The van der Waals surface area contributed by atoms with Crippen LogP contribution in [0, 0.1) is 0 Å². The van der Waals surface area contributed by atoms with Crippen molar-refractivity contribution in [1.82, 2.24) is 0 Å². The van der Waals surface area contributed by atoms with Crippen LogP contribution in [0.2, 0.25) is 0 Å². The molecule has 1 unspecified atom stereocenters. The number of para-hydroxylation sites is 1. The standard InChI is InChI=1S/C11H15NO/c1-2-10-8-7-9-5-3-4-6-11(9)12(10)13/h3-6,10,13H,2,7-8H2,1H3. The normalized spacial score (nSPS) is 21.4. The van der Waals surface area contributed by atoms with E-state index in [-0.39, 0.29) is 0 Å². The molecular formula is C11H15NO. The Hall–Kier alpha value is -1.02. The number of anilines is 1. The van der Waals surface area contributed by atoms with Crippen LogP contribution in [-0.2, 0) is 6.42 Å². The predicted molar refractivity (Wildman–Crippen MR) is 53.1 cm³/mol. The number of aryl methyl sites for hydroxylation is 1. The Balaban J connectivity index is 2.33. The number of hydrogen-bond donors (Lipinski definition) is 1. The average Bonchev–Trinajstić information content (AvgIpc) is 2.19. The topological polar surface area (TPSA) is 23.5 Å². The van der Waals surface area contributed by atoms with Crippen LogP contribution in [0.3, 0.4) is 0 Å². The van der Waals surface area contributed by atoms with Crippen LogP contribution in [0.25, 0.3) is 0 Å². The second-order valence-corrected chi connectivity index (χ2v) is 3.57. The van der Waals surface area contributed by atoms with Gasteiger partial charge in [-0.05, 0) is 30.9 Å². The number of hydrogen-bond acceptors (Lipinski definition) is 2. The summed E-state index contributed by atoms with van der Waals surface area (Å²) in [6, 6.07) is 8.37. The fraction of sp³-hybridized carbons (Fsp3) is 0.455. The maximum Gasteiger partial charge on any atom is 0.0669 e. The van der Waals surface area contributed by atoms with Gasteiger partial charge in [0.2, 0.25) is 0 Å². The second-order valence-electron chi connectivity index (χ2n) is 3.57. The first-order chi connectivity index (χ1) is 6.33. The van der Waals surface area contributed by atoms with E-state index in [0.717, 1.165) is 24.9 Å². The molecule has 0 fully saturated rings. The largest absolute Gasteiger partial charge is 0.288 e. The Kier molecular flexibility index (Phi) is 2.23. The van der Waals surface area contributed by atoms with Crippen LogP contribution in [-0.4, -0.2) is 11.2 Å². The fourth-order valence-corrected chi connectivity index (χ4v) is 1.96. The Morgan fingerprint density at radius 2 is 2.23 bits per heavy atom. The maximum absolute atomic E-state index is 9.85. The highest BCUT2D eigenvalue weighted by Crippen LogP contribution is 2.29. The van der Waals surface area contributed by atoms with Crippen LogP contribution >= 0.6 is 0 Å². The van der Waals surface area contributed by atoms with Crippen molar-refractivity contribution in [1.29, 1.82) is 0 Å². The van der Waals surface area contributed by atoms with Gasteiger partial charge in [0.15, 0.2) is 0 Å². The fourth-order valence-electron chi connectivity index (χ4n) is 1.96. The Bertz CT molecular complexity index is 298. The molecule has 1 aromatic carbocycles. The molecule has 0 aromatic heterocycles. The van der Waals surface area contributed by atoms with E-state index >= 15 is 0 Å². The van der Waals surface area contributed by atoms with E-state index in [1.54, 1.807) is 0 Å². The van der Waals surface area contributed by atoms with Gasteiger partial charge >= 0.3 is 0 Å². The highest BCUT2D eigenvalue weighted by Gasteiger charge is 2.22. The summed E-state index contributed by atoms with van der Waals surface area (Å²) in [5, 5.41) is 11.3. The van der Waals surface area contributed by atoms with Crippen molar-refractivity contribution in [3.8, 4) is 0 Å². The van der Waals surface area contributed by atoms with Crippen molar-refractivity contribution < 1.29 is 5.21 Å². The number of rotatable bonds is 1. The second kappa shape index (κ2) is 3.38. The molecule has 0 saturated carbocycles.